The van der Waals surface area contributed by atoms with E-state index in [1.54, 1.807) is 0 Å². The number of nitrogens with one attached hydrogen (secondary N) is 1. The van der Waals surface area contributed by atoms with Crippen LogP contribution in [0, 0.1) is 17.8 Å². The number of hydrogen-bond acceptors (Lipinski definition) is 2. The van der Waals surface area contributed by atoms with Crippen molar-refractivity contribution in [2.75, 3.05) is 19.6 Å². The average molecular weight is 282 g/mol. The van der Waals surface area contributed by atoms with E-state index >= 15 is 0 Å². The van der Waals surface area contributed by atoms with Gasteiger partial charge in [-0.15, -0.1) is 0 Å². The van der Waals surface area contributed by atoms with E-state index in [0.717, 1.165) is 45.3 Å². The van der Waals surface area contributed by atoms with E-state index in [9.17, 15) is 9.59 Å². The first-order valence-corrected chi connectivity index (χ1v) is 8.06. The Hall–Kier alpha value is -1.06. The number of nitrogens with zero attached hydrogens (tertiary/aromatic N) is 1. The standard InChI is InChI=1S/C16H30N2O2/c1-5-13(6-2)11-17-15(19)14-7-9-18(10-8-14)16(20)12(3)4/h12-14H,5-11H2,1-4H3,(H,17,19). The summed E-state index contributed by atoms with van der Waals surface area (Å²) in [5.74, 6) is 1.10. The molecule has 0 radical (unpaired) electrons. The Morgan fingerprint density at radius 2 is 1.70 bits per heavy atom. The molecule has 0 saturated carbocycles. The lowest BCUT2D eigenvalue weighted by molar-refractivity contribution is -0.138. The van der Waals surface area contributed by atoms with Gasteiger partial charge in [0.15, 0.2) is 0 Å². The van der Waals surface area contributed by atoms with Gasteiger partial charge in [-0.05, 0) is 18.8 Å². The smallest absolute Gasteiger partial charge is 0.225 e. The maximum atomic E-state index is 12.1. The molecule has 2 amide bonds. The van der Waals surface area contributed by atoms with E-state index in [0.29, 0.717) is 5.92 Å². The Balaban J connectivity index is 2.34. The van der Waals surface area contributed by atoms with Crippen LogP contribution in [-0.4, -0.2) is 36.3 Å². The molecule has 116 valence electrons. The molecule has 1 fully saturated rings. The zero-order chi connectivity index (χ0) is 15.1. The minimum atomic E-state index is 0.0512. The summed E-state index contributed by atoms with van der Waals surface area (Å²) in [5.41, 5.74) is 0. The second-order valence-corrected chi connectivity index (χ2v) is 6.18. The molecule has 0 aliphatic carbocycles. The van der Waals surface area contributed by atoms with Gasteiger partial charge in [0.25, 0.3) is 0 Å². The second kappa shape index (κ2) is 8.28. The Morgan fingerprint density at radius 1 is 1.15 bits per heavy atom. The second-order valence-electron chi connectivity index (χ2n) is 6.18. The van der Waals surface area contributed by atoms with Crippen LogP contribution < -0.4 is 5.32 Å². The van der Waals surface area contributed by atoms with Gasteiger partial charge in [0.2, 0.25) is 11.8 Å². The van der Waals surface area contributed by atoms with Crippen molar-refractivity contribution in [2.24, 2.45) is 17.8 Å². The van der Waals surface area contributed by atoms with Crippen molar-refractivity contribution in [3.8, 4) is 0 Å². The maximum absolute atomic E-state index is 12.1. The molecule has 0 bridgehead atoms. The van der Waals surface area contributed by atoms with Crippen LogP contribution in [0.25, 0.3) is 0 Å². The molecule has 4 heteroatoms. The van der Waals surface area contributed by atoms with Crippen LogP contribution in [0.3, 0.4) is 0 Å². The topological polar surface area (TPSA) is 49.4 Å². The third-order valence-corrected chi connectivity index (χ3v) is 4.39. The summed E-state index contributed by atoms with van der Waals surface area (Å²) < 4.78 is 0. The van der Waals surface area contributed by atoms with E-state index in [1.165, 1.54) is 0 Å². The minimum Gasteiger partial charge on any atom is -0.356 e. The number of hydrogen-bond donors (Lipinski definition) is 1. The van der Waals surface area contributed by atoms with Gasteiger partial charge in [0.1, 0.15) is 0 Å². The molecule has 0 aromatic rings. The molecule has 1 saturated heterocycles. The zero-order valence-corrected chi connectivity index (χ0v) is 13.4. The number of likely N-dealkylation sites (tertiary alicyclic amines) is 1. The lowest BCUT2D eigenvalue weighted by atomic mass is 9.94. The molecule has 1 aliphatic rings. The SMILES string of the molecule is CCC(CC)CNC(=O)C1CCN(C(=O)C(C)C)CC1. The molecule has 1 heterocycles. The summed E-state index contributed by atoms with van der Waals surface area (Å²) >= 11 is 0. The first-order valence-electron chi connectivity index (χ1n) is 8.06. The number of piperidine rings is 1. The van der Waals surface area contributed by atoms with Crippen molar-refractivity contribution < 1.29 is 9.59 Å². The molecule has 1 rings (SSSR count). The highest BCUT2D eigenvalue weighted by Crippen LogP contribution is 2.19. The van der Waals surface area contributed by atoms with Crippen molar-refractivity contribution in [3.05, 3.63) is 0 Å². The average Bonchev–Trinajstić information content (AvgIpc) is 2.47. The lowest BCUT2D eigenvalue weighted by Crippen LogP contribution is -2.44. The van der Waals surface area contributed by atoms with Crippen LogP contribution in [0.5, 0.6) is 0 Å². The minimum absolute atomic E-state index is 0.0512. The predicted octanol–water partition coefficient (Wildman–Crippen LogP) is 2.43. The highest BCUT2D eigenvalue weighted by atomic mass is 16.2. The summed E-state index contributed by atoms with van der Waals surface area (Å²) in [6.45, 7) is 10.4. The quantitative estimate of drug-likeness (QED) is 0.813. The Morgan fingerprint density at radius 3 is 2.15 bits per heavy atom. The molecule has 1 N–H and O–H groups in total. The van der Waals surface area contributed by atoms with Crippen LogP contribution in [0.4, 0.5) is 0 Å². The fraction of sp³-hybridized carbons (Fsp3) is 0.875. The Kier molecular flexibility index (Phi) is 7.03. The van der Waals surface area contributed by atoms with Gasteiger partial charge in [0, 0.05) is 31.5 Å². The van der Waals surface area contributed by atoms with Gasteiger partial charge in [-0.3, -0.25) is 9.59 Å². The highest BCUT2D eigenvalue weighted by molar-refractivity contribution is 5.80. The van der Waals surface area contributed by atoms with Gasteiger partial charge < -0.3 is 10.2 Å². The molecule has 0 unspecified atom stereocenters. The normalized spacial score (nSPS) is 16.8. The first kappa shape index (κ1) is 17.0. The summed E-state index contributed by atoms with van der Waals surface area (Å²) in [6, 6.07) is 0. The van der Waals surface area contributed by atoms with E-state index in [2.05, 4.69) is 19.2 Å². The van der Waals surface area contributed by atoms with Crippen molar-refractivity contribution in [3.63, 3.8) is 0 Å². The van der Waals surface area contributed by atoms with Crippen LogP contribution in [0.2, 0.25) is 0 Å². The fourth-order valence-electron chi connectivity index (χ4n) is 2.69. The Labute approximate surface area is 123 Å². The first-order chi connectivity index (χ1) is 9.49. The fourth-order valence-corrected chi connectivity index (χ4v) is 2.69. The van der Waals surface area contributed by atoms with Crippen molar-refractivity contribution >= 4 is 11.8 Å². The third-order valence-electron chi connectivity index (χ3n) is 4.39. The van der Waals surface area contributed by atoms with Gasteiger partial charge in [0.05, 0.1) is 0 Å². The number of amides is 2. The van der Waals surface area contributed by atoms with Crippen LogP contribution >= 0.6 is 0 Å². The van der Waals surface area contributed by atoms with Gasteiger partial charge in [-0.1, -0.05) is 40.5 Å². The molecule has 4 nitrogen and oxygen atoms in total. The lowest BCUT2D eigenvalue weighted by Gasteiger charge is -2.32. The van der Waals surface area contributed by atoms with Gasteiger partial charge in [-0.2, -0.15) is 0 Å². The highest BCUT2D eigenvalue weighted by Gasteiger charge is 2.28. The summed E-state index contributed by atoms with van der Waals surface area (Å²) in [4.78, 5) is 25.9. The largest absolute Gasteiger partial charge is 0.356 e. The molecule has 0 aromatic heterocycles. The van der Waals surface area contributed by atoms with E-state index < -0.39 is 0 Å². The van der Waals surface area contributed by atoms with Crippen molar-refractivity contribution in [1.29, 1.82) is 0 Å². The number of carbonyl (C=O) groups excluding carboxylic acids is 2. The number of carbonyl (C=O) groups is 2. The summed E-state index contributed by atoms with van der Waals surface area (Å²) in [7, 11) is 0. The van der Waals surface area contributed by atoms with Crippen molar-refractivity contribution in [2.45, 2.75) is 53.4 Å². The van der Waals surface area contributed by atoms with Gasteiger partial charge >= 0.3 is 0 Å². The van der Waals surface area contributed by atoms with Crippen LogP contribution in [-0.2, 0) is 9.59 Å². The van der Waals surface area contributed by atoms with E-state index in [4.69, 9.17) is 0 Å². The molecule has 1 aliphatic heterocycles. The molecule has 0 atom stereocenters. The molecule has 20 heavy (non-hydrogen) atoms. The van der Waals surface area contributed by atoms with Crippen molar-refractivity contribution in [1.82, 2.24) is 10.2 Å². The van der Waals surface area contributed by atoms with E-state index in [-0.39, 0.29) is 23.7 Å². The molecule has 0 spiro atoms. The third kappa shape index (κ3) is 4.80. The van der Waals surface area contributed by atoms with Gasteiger partial charge in [-0.25, -0.2) is 0 Å². The number of rotatable bonds is 6. The van der Waals surface area contributed by atoms with Crippen LogP contribution in [0.15, 0.2) is 0 Å². The zero-order valence-electron chi connectivity index (χ0n) is 13.4. The van der Waals surface area contributed by atoms with E-state index in [1.807, 2.05) is 18.7 Å². The molecular weight excluding hydrogens is 252 g/mol. The molecular formula is C16H30N2O2. The predicted molar refractivity (Wildman–Crippen MR) is 81.2 cm³/mol. The Bertz CT molecular complexity index is 316. The van der Waals surface area contributed by atoms with Crippen LogP contribution in [0.1, 0.15) is 53.4 Å². The maximum Gasteiger partial charge on any atom is 0.225 e. The summed E-state index contributed by atoms with van der Waals surface area (Å²) in [6.07, 6.45) is 3.82. The summed E-state index contributed by atoms with van der Waals surface area (Å²) in [5, 5.41) is 3.08. The monoisotopic (exact) mass is 282 g/mol. The molecule has 0 aromatic carbocycles.